The van der Waals surface area contributed by atoms with Crippen molar-refractivity contribution in [1.82, 2.24) is 9.55 Å². The van der Waals surface area contributed by atoms with Crippen molar-refractivity contribution in [3.8, 4) is 17.2 Å². The van der Waals surface area contributed by atoms with Crippen LogP contribution in [-0.4, -0.2) is 42.3 Å². The number of aromatic nitrogens is 2. The molecule has 4 aromatic rings. The van der Waals surface area contributed by atoms with E-state index in [0.29, 0.717) is 26.2 Å². The molecular formula is C32H35N3O4. The van der Waals surface area contributed by atoms with E-state index >= 15 is 0 Å². The standard InChI is InChI=1S/C32H35N3O4/c1-4-11-23-16-17-29(30(20-23)37-3)39-19-10-18-34-26-13-7-6-12-25(26)33-32(34)24-21-31(36)35(22-24)27-14-8-9-15-28(27)38-5-2/h4,6-9,12-17,20,24H,1,5,10-11,18-19,21-22H2,2-3H3. The second-order valence-electron chi connectivity index (χ2n) is 9.60. The average Bonchev–Trinajstić information content (AvgIpc) is 3.52. The zero-order chi connectivity index (χ0) is 27.2. The van der Waals surface area contributed by atoms with E-state index in [1.807, 2.05) is 78.6 Å². The number of imidazole rings is 1. The number of carbonyl (C=O) groups is 1. The summed E-state index contributed by atoms with van der Waals surface area (Å²) in [6, 6.07) is 21.9. The van der Waals surface area contributed by atoms with Gasteiger partial charge in [-0.15, -0.1) is 6.58 Å². The number of ether oxygens (including phenoxy) is 3. The van der Waals surface area contributed by atoms with Crippen LogP contribution in [0.5, 0.6) is 17.2 Å². The summed E-state index contributed by atoms with van der Waals surface area (Å²) in [4.78, 5) is 20.0. The Bertz CT molecular complexity index is 1460. The van der Waals surface area contributed by atoms with Gasteiger partial charge >= 0.3 is 0 Å². The summed E-state index contributed by atoms with van der Waals surface area (Å²) in [6.07, 6.45) is 3.85. The van der Waals surface area contributed by atoms with Crippen LogP contribution in [0.1, 0.15) is 37.1 Å². The van der Waals surface area contributed by atoms with Crippen molar-refractivity contribution < 1.29 is 19.0 Å². The summed E-state index contributed by atoms with van der Waals surface area (Å²) in [7, 11) is 1.66. The second-order valence-corrected chi connectivity index (χ2v) is 9.60. The molecule has 0 bridgehead atoms. The number of rotatable bonds is 12. The minimum absolute atomic E-state index is 0.0157. The summed E-state index contributed by atoms with van der Waals surface area (Å²) >= 11 is 0. The molecule has 2 heterocycles. The molecule has 39 heavy (non-hydrogen) atoms. The molecule has 0 radical (unpaired) electrons. The third-order valence-electron chi connectivity index (χ3n) is 7.02. The van der Waals surface area contributed by atoms with E-state index in [1.165, 1.54) is 0 Å². The van der Waals surface area contributed by atoms with Crippen LogP contribution < -0.4 is 19.1 Å². The molecule has 1 amide bonds. The number of benzene rings is 3. The lowest BCUT2D eigenvalue weighted by Gasteiger charge is -2.20. The van der Waals surface area contributed by atoms with E-state index in [9.17, 15) is 4.79 Å². The van der Waals surface area contributed by atoms with Crippen LogP contribution in [0.25, 0.3) is 11.0 Å². The van der Waals surface area contributed by atoms with Crippen molar-refractivity contribution in [3.63, 3.8) is 0 Å². The highest BCUT2D eigenvalue weighted by molar-refractivity contribution is 5.97. The summed E-state index contributed by atoms with van der Waals surface area (Å²) < 4.78 is 19.7. The van der Waals surface area contributed by atoms with Crippen LogP contribution in [0.15, 0.2) is 79.4 Å². The molecule has 5 rings (SSSR count). The largest absolute Gasteiger partial charge is 0.493 e. The van der Waals surface area contributed by atoms with Gasteiger partial charge in [0.15, 0.2) is 11.5 Å². The van der Waals surface area contributed by atoms with E-state index in [1.54, 1.807) is 7.11 Å². The monoisotopic (exact) mass is 525 g/mol. The number of hydrogen-bond donors (Lipinski definition) is 0. The fourth-order valence-corrected chi connectivity index (χ4v) is 5.24. The molecule has 1 aromatic heterocycles. The molecule has 7 nitrogen and oxygen atoms in total. The number of fused-ring (bicyclic) bond motifs is 1. The molecule has 1 saturated heterocycles. The van der Waals surface area contributed by atoms with Gasteiger partial charge in [-0.3, -0.25) is 4.79 Å². The predicted molar refractivity (Wildman–Crippen MR) is 154 cm³/mol. The maximum absolute atomic E-state index is 13.2. The number of nitrogens with zero attached hydrogens (tertiary/aromatic N) is 3. The Morgan fingerprint density at radius 1 is 1.03 bits per heavy atom. The lowest BCUT2D eigenvalue weighted by atomic mass is 10.1. The lowest BCUT2D eigenvalue weighted by Crippen LogP contribution is -2.25. The zero-order valence-corrected chi connectivity index (χ0v) is 22.6. The molecule has 7 heteroatoms. The van der Waals surface area contributed by atoms with Crippen LogP contribution in [-0.2, 0) is 17.8 Å². The number of amides is 1. The van der Waals surface area contributed by atoms with Gasteiger partial charge in [-0.25, -0.2) is 4.98 Å². The number of anilines is 1. The fraction of sp³-hybridized carbons (Fsp3) is 0.312. The van der Waals surface area contributed by atoms with Gasteiger partial charge in [0.2, 0.25) is 5.91 Å². The highest BCUT2D eigenvalue weighted by Gasteiger charge is 2.36. The molecule has 1 atom stereocenters. The van der Waals surface area contributed by atoms with Crippen molar-refractivity contribution in [2.24, 2.45) is 0 Å². The van der Waals surface area contributed by atoms with Crippen LogP contribution in [0, 0.1) is 0 Å². The first kappa shape index (κ1) is 26.4. The Hall–Kier alpha value is -4.26. The van der Waals surface area contributed by atoms with Crippen LogP contribution in [0.2, 0.25) is 0 Å². The van der Waals surface area contributed by atoms with Crippen molar-refractivity contribution in [3.05, 3.63) is 90.8 Å². The topological polar surface area (TPSA) is 65.8 Å². The summed E-state index contributed by atoms with van der Waals surface area (Å²) in [5, 5.41) is 0. The van der Waals surface area contributed by atoms with Crippen molar-refractivity contribution >= 4 is 22.6 Å². The number of aryl methyl sites for hydroxylation is 1. The van der Waals surface area contributed by atoms with Gasteiger partial charge < -0.3 is 23.7 Å². The van der Waals surface area contributed by atoms with E-state index in [0.717, 1.165) is 64.7 Å². The normalized spacial score (nSPS) is 15.1. The van der Waals surface area contributed by atoms with E-state index in [4.69, 9.17) is 19.2 Å². The molecular weight excluding hydrogens is 490 g/mol. The number of allylic oxidation sites excluding steroid dienone is 1. The van der Waals surface area contributed by atoms with E-state index < -0.39 is 0 Å². The molecule has 0 saturated carbocycles. The van der Waals surface area contributed by atoms with Gasteiger partial charge in [-0.2, -0.15) is 0 Å². The Balaban J connectivity index is 1.33. The second kappa shape index (κ2) is 12.1. The molecule has 1 unspecified atom stereocenters. The third kappa shape index (κ3) is 5.62. The molecule has 0 aliphatic carbocycles. The molecule has 1 fully saturated rings. The predicted octanol–water partition coefficient (Wildman–Crippen LogP) is 6.16. The first-order valence-corrected chi connectivity index (χ1v) is 13.5. The third-order valence-corrected chi connectivity index (χ3v) is 7.02. The van der Waals surface area contributed by atoms with Crippen LogP contribution in [0.3, 0.4) is 0 Å². The SMILES string of the molecule is C=CCc1ccc(OCCCn2c(C3CC(=O)N(c4ccccc4OCC)C3)nc3ccccc32)c(OC)c1. The van der Waals surface area contributed by atoms with Crippen molar-refractivity contribution in [1.29, 1.82) is 0 Å². The number of carbonyl (C=O) groups excluding carboxylic acids is 1. The molecule has 3 aromatic carbocycles. The first-order chi connectivity index (χ1) is 19.1. The molecule has 1 aliphatic heterocycles. The molecule has 1 aliphatic rings. The Morgan fingerprint density at radius 2 is 1.85 bits per heavy atom. The fourth-order valence-electron chi connectivity index (χ4n) is 5.24. The number of hydrogen-bond acceptors (Lipinski definition) is 5. The van der Waals surface area contributed by atoms with Gasteiger partial charge in [0.05, 0.1) is 37.0 Å². The van der Waals surface area contributed by atoms with Gasteiger partial charge in [-0.05, 0) is 61.7 Å². The van der Waals surface area contributed by atoms with Gasteiger partial charge in [0.25, 0.3) is 0 Å². The van der Waals surface area contributed by atoms with Crippen molar-refractivity contribution in [2.45, 2.75) is 38.6 Å². The smallest absolute Gasteiger partial charge is 0.227 e. The van der Waals surface area contributed by atoms with Gasteiger partial charge in [0, 0.05) is 25.4 Å². The average molecular weight is 526 g/mol. The Kier molecular flexibility index (Phi) is 8.16. The van der Waals surface area contributed by atoms with E-state index in [-0.39, 0.29) is 11.8 Å². The van der Waals surface area contributed by atoms with E-state index in [2.05, 4.69) is 17.2 Å². The Morgan fingerprint density at radius 3 is 2.67 bits per heavy atom. The van der Waals surface area contributed by atoms with Crippen LogP contribution in [0.4, 0.5) is 5.69 Å². The molecule has 0 N–H and O–H groups in total. The maximum atomic E-state index is 13.2. The Labute approximate surface area is 229 Å². The van der Waals surface area contributed by atoms with Crippen molar-refractivity contribution in [2.75, 3.05) is 31.8 Å². The highest BCUT2D eigenvalue weighted by atomic mass is 16.5. The minimum Gasteiger partial charge on any atom is -0.493 e. The number of para-hydroxylation sites is 4. The lowest BCUT2D eigenvalue weighted by molar-refractivity contribution is -0.117. The number of methoxy groups -OCH3 is 1. The highest BCUT2D eigenvalue weighted by Crippen LogP contribution is 2.37. The van der Waals surface area contributed by atoms with Gasteiger partial charge in [-0.1, -0.05) is 36.4 Å². The molecule has 0 spiro atoms. The minimum atomic E-state index is -0.0157. The van der Waals surface area contributed by atoms with Gasteiger partial charge in [0.1, 0.15) is 11.6 Å². The zero-order valence-electron chi connectivity index (χ0n) is 22.6. The summed E-state index contributed by atoms with van der Waals surface area (Å²) in [6.45, 7) is 8.13. The quantitative estimate of drug-likeness (QED) is 0.164. The first-order valence-electron chi connectivity index (χ1n) is 13.5. The maximum Gasteiger partial charge on any atom is 0.227 e. The molecule has 202 valence electrons. The summed E-state index contributed by atoms with van der Waals surface area (Å²) in [5.74, 6) is 3.19. The van der Waals surface area contributed by atoms with Crippen LogP contribution >= 0.6 is 0 Å². The summed E-state index contributed by atoms with van der Waals surface area (Å²) in [5.41, 5.74) is 3.96.